The molecule has 0 saturated carbocycles. The van der Waals surface area contributed by atoms with Gasteiger partial charge in [0.25, 0.3) is 0 Å². The van der Waals surface area contributed by atoms with Gasteiger partial charge in [0.15, 0.2) is 0 Å². The van der Waals surface area contributed by atoms with E-state index in [0.29, 0.717) is 6.54 Å². The number of aromatic nitrogens is 2. The highest BCUT2D eigenvalue weighted by atomic mass is 19.1. The van der Waals surface area contributed by atoms with Gasteiger partial charge in [-0.3, -0.25) is 0 Å². The summed E-state index contributed by atoms with van der Waals surface area (Å²) in [6.07, 6.45) is 3.40. The van der Waals surface area contributed by atoms with Crippen molar-refractivity contribution in [2.45, 2.75) is 5.92 Å². The van der Waals surface area contributed by atoms with Crippen LogP contribution in [-0.4, -0.2) is 16.5 Å². The molecule has 0 aliphatic rings. The van der Waals surface area contributed by atoms with E-state index in [0.717, 1.165) is 11.4 Å². The van der Waals surface area contributed by atoms with Gasteiger partial charge in [-0.1, -0.05) is 12.1 Å². The number of hydrogen-bond donors (Lipinski definition) is 2. The molecule has 0 fully saturated rings. The highest BCUT2D eigenvalue weighted by Crippen LogP contribution is 2.20. The molecule has 0 aliphatic carbocycles. The maximum atomic E-state index is 13.0. The molecule has 3 nitrogen and oxygen atoms in total. The number of nitrogens with zero attached hydrogens (tertiary/aromatic N) is 1. The molecule has 0 amide bonds. The number of nitrogens with one attached hydrogen (secondary N) is 1. The molecule has 2 aromatic rings. The van der Waals surface area contributed by atoms with Crippen LogP contribution in [0, 0.1) is 5.82 Å². The summed E-state index contributed by atoms with van der Waals surface area (Å²) in [5.74, 6) is 0.441. The van der Waals surface area contributed by atoms with Crippen molar-refractivity contribution >= 4 is 0 Å². The first kappa shape index (κ1) is 9.86. The van der Waals surface area contributed by atoms with Gasteiger partial charge < -0.3 is 10.7 Å². The summed E-state index contributed by atoms with van der Waals surface area (Å²) in [5.41, 5.74) is 6.50. The second-order valence-electron chi connectivity index (χ2n) is 3.32. The molecule has 0 aliphatic heterocycles. The number of imidazole rings is 1. The summed E-state index contributed by atoms with van der Waals surface area (Å²) < 4.78 is 13.0. The Labute approximate surface area is 87.2 Å². The number of nitrogens with two attached hydrogens (primary N) is 1. The van der Waals surface area contributed by atoms with E-state index in [1.165, 1.54) is 12.1 Å². The molecule has 78 valence electrons. The third kappa shape index (κ3) is 2.05. The average Bonchev–Trinajstić information content (AvgIpc) is 2.72. The Balaban J connectivity index is 2.35. The quantitative estimate of drug-likeness (QED) is 0.800. The molecule has 0 spiro atoms. The zero-order valence-corrected chi connectivity index (χ0v) is 8.15. The summed E-state index contributed by atoms with van der Waals surface area (Å²) >= 11 is 0. The number of hydrogen-bond acceptors (Lipinski definition) is 2. The van der Waals surface area contributed by atoms with Crippen LogP contribution in [0.4, 0.5) is 4.39 Å². The minimum atomic E-state index is -0.252. The first-order chi connectivity index (χ1) is 7.31. The van der Waals surface area contributed by atoms with Gasteiger partial charge in [-0.25, -0.2) is 9.37 Å². The second-order valence-corrected chi connectivity index (χ2v) is 3.32. The first-order valence-corrected chi connectivity index (χ1v) is 4.76. The van der Waals surface area contributed by atoms with Gasteiger partial charge in [-0.2, -0.15) is 0 Å². The summed E-state index contributed by atoms with van der Waals surface area (Å²) in [6.45, 7) is 0.400. The van der Waals surface area contributed by atoms with Crippen molar-refractivity contribution in [3.05, 3.63) is 53.9 Å². The number of aromatic amines is 1. The predicted octanol–water partition coefficient (Wildman–Crippen LogP) is 1.64. The van der Waals surface area contributed by atoms with Gasteiger partial charge >= 0.3 is 0 Å². The second kappa shape index (κ2) is 4.23. The minimum absolute atomic E-state index is 0.0734. The first-order valence-electron chi connectivity index (χ1n) is 4.76. The highest BCUT2D eigenvalue weighted by Gasteiger charge is 2.14. The Morgan fingerprint density at radius 3 is 2.93 bits per heavy atom. The molecule has 3 N–H and O–H groups in total. The monoisotopic (exact) mass is 205 g/mol. The third-order valence-corrected chi connectivity index (χ3v) is 2.34. The topological polar surface area (TPSA) is 54.7 Å². The van der Waals surface area contributed by atoms with Crippen molar-refractivity contribution in [2.24, 2.45) is 5.73 Å². The smallest absolute Gasteiger partial charge is 0.123 e. The Kier molecular flexibility index (Phi) is 2.78. The Morgan fingerprint density at radius 2 is 2.33 bits per heavy atom. The fraction of sp³-hybridized carbons (Fsp3) is 0.182. The van der Waals surface area contributed by atoms with Crippen molar-refractivity contribution in [3.8, 4) is 0 Å². The van der Waals surface area contributed by atoms with Crippen molar-refractivity contribution in [2.75, 3.05) is 6.54 Å². The van der Waals surface area contributed by atoms with Crippen LogP contribution in [0.25, 0.3) is 0 Å². The molecule has 0 radical (unpaired) electrons. The predicted molar refractivity (Wildman–Crippen MR) is 55.9 cm³/mol. The van der Waals surface area contributed by atoms with E-state index in [-0.39, 0.29) is 11.7 Å². The Hall–Kier alpha value is -1.68. The average molecular weight is 205 g/mol. The van der Waals surface area contributed by atoms with E-state index in [4.69, 9.17) is 5.73 Å². The molecule has 1 aromatic carbocycles. The van der Waals surface area contributed by atoms with Crippen LogP contribution in [0.15, 0.2) is 36.7 Å². The normalized spacial score (nSPS) is 12.7. The van der Waals surface area contributed by atoms with Crippen LogP contribution >= 0.6 is 0 Å². The van der Waals surface area contributed by atoms with Gasteiger partial charge in [-0.05, 0) is 17.7 Å². The molecule has 1 heterocycles. The zero-order chi connectivity index (χ0) is 10.7. The van der Waals surface area contributed by atoms with Crippen LogP contribution in [-0.2, 0) is 0 Å². The standard InChI is InChI=1S/C11H12FN3/c12-9-3-1-2-8(6-9)10(7-13)11-14-4-5-15-11/h1-6,10H,7,13H2,(H,14,15). The lowest BCUT2D eigenvalue weighted by Crippen LogP contribution is -2.15. The third-order valence-electron chi connectivity index (χ3n) is 2.34. The number of H-pyrrole nitrogens is 1. The van der Waals surface area contributed by atoms with Gasteiger partial charge in [-0.15, -0.1) is 0 Å². The molecular weight excluding hydrogens is 193 g/mol. The highest BCUT2D eigenvalue weighted by molar-refractivity contribution is 5.26. The van der Waals surface area contributed by atoms with Crippen LogP contribution in [0.3, 0.4) is 0 Å². The lowest BCUT2D eigenvalue weighted by atomic mass is 9.98. The molecule has 1 unspecified atom stereocenters. The molecule has 4 heteroatoms. The van der Waals surface area contributed by atoms with E-state index in [1.807, 2.05) is 6.07 Å². The fourth-order valence-corrected chi connectivity index (χ4v) is 1.60. The van der Waals surface area contributed by atoms with Gasteiger partial charge in [0, 0.05) is 18.9 Å². The molecule has 0 bridgehead atoms. The summed E-state index contributed by atoms with van der Waals surface area (Å²) in [5, 5.41) is 0. The molecule has 0 saturated heterocycles. The van der Waals surface area contributed by atoms with Crippen LogP contribution in [0.2, 0.25) is 0 Å². The molecular formula is C11H12FN3. The van der Waals surface area contributed by atoms with Crippen molar-refractivity contribution < 1.29 is 4.39 Å². The molecule has 2 rings (SSSR count). The summed E-state index contributed by atoms with van der Waals surface area (Å²) in [4.78, 5) is 7.13. The minimum Gasteiger partial charge on any atom is -0.348 e. The van der Waals surface area contributed by atoms with Crippen molar-refractivity contribution in [3.63, 3.8) is 0 Å². The van der Waals surface area contributed by atoms with Crippen LogP contribution in [0.5, 0.6) is 0 Å². The van der Waals surface area contributed by atoms with Gasteiger partial charge in [0.05, 0.1) is 5.92 Å². The van der Waals surface area contributed by atoms with Crippen molar-refractivity contribution in [1.29, 1.82) is 0 Å². The van der Waals surface area contributed by atoms with E-state index in [9.17, 15) is 4.39 Å². The van der Waals surface area contributed by atoms with Crippen LogP contribution < -0.4 is 5.73 Å². The lowest BCUT2D eigenvalue weighted by molar-refractivity contribution is 0.622. The molecule has 1 aromatic heterocycles. The SMILES string of the molecule is NCC(c1cccc(F)c1)c1ncc[nH]1. The number of rotatable bonds is 3. The van der Waals surface area contributed by atoms with E-state index < -0.39 is 0 Å². The Bertz CT molecular complexity index is 425. The summed E-state index contributed by atoms with van der Waals surface area (Å²) in [7, 11) is 0. The van der Waals surface area contributed by atoms with Crippen LogP contribution in [0.1, 0.15) is 17.3 Å². The number of halogens is 1. The molecule has 15 heavy (non-hydrogen) atoms. The largest absolute Gasteiger partial charge is 0.348 e. The zero-order valence-electron chi connectivity index (χ0n) is 8.15. The fourth-order valence-electron chi connectivity index (χ4n) is 1.60. The maximum Gasteiger partial charge on any atom is 0.123 e. The van der Waals surface area contributed by atoms with E-state index in [1.54, 1.807) is 18.5 Å². The maximum absolute atomic E-state index is 13.0. The van der Waals surface area contributed by atoms with Gasteiger partial charge in [0.2, 0.25) is 0 Å². The van der Waals surface area contributed by atoms with E-state index >= 15 is 0 Å². The molecule has 1 atom stereocenters. The van der Waals surface area contributed by atoms with Crippen molar-refractivity contribution in [1.82, 2.24) is 9.97 Å². The van der Waals surface area contributed by atoms with Gasteiger partial charge in [0.1, 0.15) is 11.6 Å². The number of benzene rings is 1. The lowest BCUT2D eigenvalue weighted by Gasteiger charge is -2.12. The summed E-state index contributed by atoms with van der Waals surface area (Å²) in [6, 6.07) is 6.43. The Morgan fingerprint density at radius 1 is 1.47 bits per heavy atom. The van der Waals surface area contributed by atoms with E-state index in [2.05, 4.69) is 9.97 Å².